The van der Waals surface area contributed by atoms with E-state index in [1.807, 2.05) is 18.2 Å². The molecule has 212 valence electrons. The molecule has 0 bridgehead atoms. The summed E-state index contributed by atoms with van der Waals surface area (Å²) in [5.41, 5.74) is 5.25. The molecule has 4 aliphatic rings. The van der Waals surface area contributed by atoms with Gasteiger partial charge in [-0.05, 0) is 73.9 Å². The van der Waals surface area contributed by atoms with Gasteiger partial charge in [-0.15, -0.1) is 0 Å². The highest BCUT2D eigenvalue weighted by Crippen LogP contribution is 2.45. The number of piperidine rings is 1. The fourth-order valence-corrected chi connectivity index (χ4v) is 6.25. The Morgan fingerprint density at radius 1 is 1.07 bits per heavy atom. The molecule has 0 radical (unpaired) electrons. The Kier molecular flexibility index (Phi) is 6.24. The zero-order chi connectivity index (χ0) is 28.2. The highest BCUT2D eigenvalue weighted by atomic mass is 19.1. The van der Waals surface area contributed by atoms with Crippen LogP contribution in [0, 0.1) is 11.7 Å². The Bertz CT molecular complexity index is 1560. The summed E-state index contributed by atoms with van der Waals surface area (Å²) in [5, 5.41) is 13.7. The number of nitrogens with zero attached hydrogens (tertiary/aromatic N) is 4. The number of benzene rings is 1. The van der Waals surface area contributed by atoms with Crippen molar-refractivity contribution >= 4 is 29.2 Å². The number of aromatic nitrogens is 3. The lowest BCUT2D eigenvalue weighted by atomic mass is 9.80. The molecule has 3 N–H and O–H groups in total. The maximum Gasteiger partial charge on any atom is 0.255 e. The number of imide groups is 1. The van der Waals surface area contributed by atoms with Gasteiger partial charge >= 0.3 is 0 Å². The molecular formula is C30H32FN7O3. The van der Waals surface area contributed by atoms with Crippen LogP contribution in [-0.2, 0) is 16.1 Å². The van der Waals surface area contributed by atoms with Crippen LogP contribution in [0.3, 0.4) is 0 Å². The summed E-state index contributed by atoms with van der Waals surface area (Å²) in [6, 6.07) is 8.62. The quantitative estimate of drug-likeness (QED) is 0.360. The van der Waals surface area contributed by atoms with Gasteiger partial charge in [0.05, 0.1) is 17.4 Å². The molecule has 2 aliphatic carbocycles. The Labute approximate surface area is 236 Å². The molecule has 3 aromatic rings. The number of hydrogen-bond donors (Lipinski definition) is 3. The van der Waals surface area contributed by atoms with Crippen molar-refractivity contribution in [1.82, 2.24) is 25.0 Å². The van der Waals surface area contributed by atoms with Crippen LogP contribution < -0.4 is 16.0 Å². The number of anilines is 2. The van der Waals surface area contributed by atoms with E-state index >= 15 is 0 Å². The smallest absolute Gasteiger partial charge is 0.255 e. The largest absolute Gasteiger partial charge is 0.385 e. The van der Waals surface area contributed by atoms with Crippen LogP contribution >= 0.6 is 0 Å². The summed E-state index contributed by atoms with van der Waals surface area (Å²) < 4.78 is 16.1. The molecule has 3 fully saturated rings. The second kappa shape index (κ2) is 9.97. The Hall–Kier alpha value is -4.28. The van der Waals surface area contributed by atoms with Crippen molar-refractivity contribution in [1.29, 1.82) is 0 Å². The van der Waals surface area contributed by atoms with Crippen LogP contribution in [0.15, 0.2) is 36.5 Å². The number of carbonyl (C=O) groups is 3. The molecule has 2 saturated carbocycles. The summed E-state index contributed by atoms with van der Waals surface area (Å²) in [4.78, 5) is 42.8. The van der Waals surface area contributed by atoms with Crippen LogP contribution in [0.25, 0.3) is 11.3 Å². The normalized spacial score (nSPS) is 23.7. The van der Waals surface area contributed by atoms with Gasteiger partial charge in [0, 0.05) is 55.5 Å². The van der Waals surface area contributed by atoms with E-state index in [9.17, 15) is 18.8 Å². The van der Waals surface area contributed by atoms with Gasteiger partial charge in [0.1, 0.15) is 6.04 Å². The van der Waals surface area contributed by atoms with Crippen LogP contribution in [0.4, 0.5) is 15.9 Å². The lowest BCUT2D eigenvalue weighted by Crippen LogP contribution is -2.52. The topological polar surface area (TPSA) is 121 Å². The molecule has 1 saturated heterocycles. The maximum atomic E-state index is 14.0. The number of carbonyl (C=O) groups excluding carboxylic acids is 3. The zero-order valence-corrected chi connectivity index (χ0v) is 22.8. The lowest BCUT2D eigenvalue weighted by molar-refractivity contribution is -0.136. The third-order valence-corrected chi connectivity index (χ3v) is 8.79. The number of halogens is 1. The van der Waals surface area contributed by atoms with Gasteiger partial charge in [-0.25, -0.2) is 9.37 Å². The van der Waals surface area contributed by atoms with E-state index in [1.54, 1.807) is 18.0 Å². The summed E-state index contributed by atoms with van der Waals surface area (Å²) in [6.07, 6.45) is 6.93. The number of fused-ring (bicyclic) bond motifs is 1. The number of hydrogen-bond acceptors (Lipinski definition) is 7. The molecular weight excluding hydrogens is 525 g/mol. The maximum absolute atomic E-state index is 14.0. The average molecular weight is 558 g/mol. The molecule has 0 spiro atoms. The predicted octanol–water partition coefficient (Wildman–Crippen LogP) is 3.83. The molecule has 41 heavy (non-hydrogen) atoms. The molecule has 2 aromatic heterocycles. The fraction of sp³-hybridized carbons (Fsp3) is 0.433. The Balaban J connectivity index is 0.974. The van der Waals surface area contributed by atoms with Gasteiger partial charge in [-0.3, -0.25) is 24.4 Å². The third-order valence-electron chi connectivity index (χ3n) is 8.79. The highest BCUT2D eigenvalue weighted by molar-refractivity contribution is 6.05. The standard InChI is InChI=1S/C30H32FN7O3/c1-32-28-23(31)6-7-24(34-28)22-15-38(36-27(22)17-2-3-17)20-10-16(11-20)13-33-19-4-5-21-18(12-19)14-37(30(21)41)25-8-9-26(39)35-29(25)40/h4-7,12,15-17,20,25,33H,2-3,8-11,13-14H2,1H3,(H,32,34)(H,35,39,40)/t16-,20-,25?. The van der Waals surface area contributed by atoms with Gasteiger partial charge in [0.2, 0.25) is 11.8 Å². The highest BCUT2D eigenvalue weighted by Gasteiger charge is 2.39. The molecule has 2 aliphatic heterocycles. The van der Waals surface area contributed by atoms with Crippen LogP contribution in [0.2, 0.25) is 0 Å². The lowest BCUT2D eigenvalue weighted by Gasteiger charge is -2.35. The van der Waals surface area contributed by atoms with E-state index in [0.29, 0.717) is 36.4 Å². The first-order valence-electron chi connectivity index (χ1n) is 14.3. The number of pyridine rings is 1. The van der Waals surface area contributed by atoms with Crippen molar-refractivity contribution in [3.8, 4) is 11.3 Å². The number of amides is 3. The molecule has 10 nitrogen and oxygen atoms in total. The zero-order valence-electron chi connectivity index (χ0n) is 22.8. The van der Waals surface area contributed by atoms with Crippen molar-refractivity contribution < 1.29 is 18.8 Å². The van der Waals surface area contributed by atoms with Crippen molar-refractivity contribution in [3.05, 3.63) is 59.2 Å². The van der Waals surface area contributed by atoms with Crippen molar-refractivity contribution in [2.45, 2.75) is 63.1 Å². The first-order valence-corrected chi connectivity index (χ1v) is 14.3. The minimum atomic E-state index is -0.608. The Morgan fingerprint density at radius 3 is 2.66 bits per heavy atom. The second-order valence-corrected chi connectivity index (χ2v) is 11.6. The molecule has 4 heterocycles. The predicted molar refractivity (Wildman–Crippen MR) is 150 cm³/mol. The summed E-state index contributed by atoms with van der Waals surface area (Å²) in [5.74, 6) is -0.0306. The number of rotatable bonds is 8. The fourth-order valence-electron chi connectivity index (χ4n) is 6.25. The molecule has 1 aromatic carbocycles. The molecule has 11 heteroatoms. The van der Waals surface area contributed by atoms with E-state index < -0.39 is 11.9 Å². The van der Waals surface area contributed by atoms with Gasteiger partial charge in [-0.1, -0.05) is 0 Å². The molecule has 1 atom stereocenters. The van der Waals surface area contributed by atoms with Crippen LogP contribution in [0.1, 0.15) is 72.1 Å². The summed E-state index contributed by atoms with van der Waals surface area (Å²) >= 11 is 0. The van der Waals surface area contributed by atoms with Crippen molar-refractivity contribution in [2.75, 3.05) is 24.2 Å². The van der Waals surface area contributed by atoms with Gasteiger partial charge in [0.25, 0.3) is 5.91 Å². The summed E-state index contributed by atoms with van der Waals surface area (Å²) in [6.45, 7) is 1.18. The Morgan fingerprint density at radius 2 is 1.90 bits per heavy atom. The summed E-state index contributed by atoms with van der Waals surface area (Å²) in [7, 11) is 1.67. The van der Waals surface area contributed by atoms with Crippen LogP contribution in [0.5, 0.6) is 0 Å². The molecule has 7 rings (SSSR count). The second-order valence-electron chi connectivity index (χ2n) is 11.6. The number of nitrogens with one attached hydrogen (secondary N) is 3. The minimum absolute atomic E-state index is 0.162. The van der Waals surface area contributed by atoms with Gasteiger partial charge in [-0.2, -0.15) is 5.10 Å². The van der Waals surface area contributed by atoms with E-state index in [0.717, 1.165) is 60.4 Å². The third kappa shape index (κ3) is 4.72. The van der Waals surface area contributed by atoms with E-state index in [1.165, 1.54) is 6.07 Å². The minimum Gasteiger partial charge on any atom is -0.385 e. The van der Waals surface area contributed by atoms with Crippen LogP contribution in [-0.4, -0.2) is 57.0 Å². The van der Waals surface area contributed by atoms with E-state index in [2.05, 4.69) is 31.8 Å². The first-order chi connectivity index (χ1) is 19.9. The molecule has 3 amide bonds. The van der Waals surface area contributed by atoms with E-state index in [-0.39, 0.29) is 29.9 Å². The average Bonchev–Trinajstić information content (AvgIpc) is 3.61. The van der Waals surface area contributed by atoms with Gasteiger partial charge < -0.3 is 15.5 Å². The van der Waals surface area contributed by atoms with E-state index in [4.69, 9.17) is 5.10 Å². The monoisotopic (exact) mass is 557 g/mol. The van der Waals surface area contributed by atoms with Crippen molar-refractivity contribution in [2.24, 2.45) is 5.92 Å². The SMILES string of the molecule is CNc1nc(-c2cn([C@H]3C[C@H](CNc4ccc5c(c4)CN(C4CCC(=O)NC4=O)C5=O)C3)nc2C2CC2)ccc1F. The molecule has 1 unspecified atom stereocenters. The van der Waals surface area contributed by atoms with Crippen molar-refractivity contribution in [3.63, 3.8) is 0 Å². The first kappa shape index (κ1) is 25.7. The van der Waals surface area contributed by atoms with Gasteiger partial charge in [0.15, 0.2) is 11.6 Å².